The molecule has 4 heteroatoms. The molecular weight excluding hydrogens is 282 g/mol. The summed E-state index contributed by atoms with van der Waals surface area (Å²) in [6, 6.07) is 6.91. The van der Waals surface area contributed by atoms with Gasteiger partial charge in [-0.2, -0.15) is 0 Å². The van der Waals surface area contributed by atoms with Crippen LogP contribution in [0.3, 0.4) is 0 Å². The molecule has 0 saturated heterocycles. The van der Waals surface area contributed by atoms with E-state index in [0.29, 0.717) is 6.04 Å². The second-order valence-corrected chi connectivity index (χ2v) is 6.67. The first-order valence-electron chi connectivity index (χ1n) is 8.05. The SMILES string of the molecule is CCCNC(C)CCCSc1ccc2c(c1)OCCCO2. The van der Waals surface area contributed by atoms with E-state index in [-0.39, 0.29) is 0 Å². The van der Waals surface area contributed by atoms with Gasteiger partial charge in [0.2, 0.25) is 0 Å². The third-order valence-electron chi connectivity index (χ3n) is 3.51. The van der Waals surface area contributed by atoms with Crippen molar-refractivity contribution < 1.29 is 9.47 Å². The van der Waals surface area contributed by atoms with E-state index in [0.717, 1.165) is 43.4 Å². The lowest BCUT2D eigenvalue weighted by Gasteiger charge is -2.13. The summed E-state index contributed by atoms with van der Waals surface area (Å²) in [4.78, 5) is 1.27. The molecule has 1 aromatic carbocycles. The molecule has 1 aliphatic heterocycles. The fourth-order valence-corrected chi connectivity index (χ4v) is 3.21. The minimum absolute atomic E-state index is 0.620. The van der Waals surface area contributed by atoms with Crippen LogP contribution in [0.1, 0.15) is 39.5 Å². The van der Waals surface area contributed by atoms with Gasteiger partial charge in [0, 0.05) is 17.4 Å². The maximum atomic E-state index is 5.73. The van der Waals surface area contributed by atoms with Crippen LogP contribution in [0.15, 0.2) is 23.1 Å². The first-order valence-corrected chi connectivity index (χ1v) is 9.04. The predicted octanol–water partition coefficient (Wildman–Crippen LogP) is 4.11. The molecule has 1 atom stereocenters. The summed E-state index contributed by atoms with van der Waals surface area (Å²) in [6.45, 7) is 7.11. The zero-order valence-corrected chi connectivity index (χ0v) is 14.0. The second kappa shape index (κ2) is 9.21. The van der Waals surface area contributed by atoms with Crippen molar-refractivity contribution in [3.63, 3.8) is 0 Å². The fourth-order valence-electron chi connectivity index (χ4n) is 2.31. The molecule has 0 aromatic heterocycles. The molecule has 2 rings (SSSR count). The molecule has 0 aliphatic carbocycles. The van der Waals surface area contributed by atoms with Gasteiger partial charge in [-0.3, -0.25) is 0 Å². The number of benzene rings is 1. The van der Waals surface area contributed by atoms with E-state index in [2.05, 4.69) is 31.3 Å². The molecule has 0 fully saturated rings. The van der Waals surface area contributed by atoms with Crippen LogP contribution in [0.5, 0.6) is 11.5 Å². The van der Waals surface area contributed by atoms with E-state index >= 15 is 0 Å². The molecule has 3 nitrogen and oxygen atoms in total. The zero-order chi connectivity index (χ0) is 14.9. The molecular formula is C17H27NO2S. The Labute approximate surface area is 132 Å². The quantitative estimate of drug-likeness (QED) is 0.578. The van der Waals surface area contributed by atoms with Gasteiger partial charge in [-0.25, -0.2) is 0 Å². The summed E-state index contributed by atoms with van der Waals surface area (Å²) in [5, 5.41) is 3.53. The average molecular weight is 309 g/mol. The molecule has 1 unspecified atom stereocenters. The van der Waals surface area contributed by atoms with Gasteiger partial charge >= 0.3 is 0 Å². The molecule has 118 valence electrons. The Morgan fingerprint density at radius 2 is 2.05 bits per heavy atom. The summed E-state index contributed by atoms with van der Waals surface area (Å²) in [7, 11) is 0. The normalized spacial score (nSPS) is 15.5. The molecule has 0 radical (unpaired) electrons. The first kappa shape index (κ1) is 16.5. The van der Waals surface area contributed by atoms with Gasteiger partial charge in [-0.15, -0.1) is 11.8 Å². The Morgan fingerprint density at radius 1 is 1.24 bits per heavy atom. The average Bonchev–Trinajstić information content (AvgIpc) is 2.74. The van der Waals surface area contributed by atoms with Gasteiger partial charge in [0.15, 0.2) is 11.5 Å². The van der Waals surface area contributed by atoms with Crippen LogP contribution >= 0.6 is 11.8 Å². The van der Waals surface area contributed by atoms with Crippen molar-refractivity contribution in [2.75, 3.05) is 25.5 Å². The monoisotopic (exact) mass is 309 g/mol. The minimum Gasteiger partial charge on any atom is -0.490 e. The lowest BCUT2D eigenvalue weighted by Crippen LogP contribution is -2.26. The molecule has 0 saturated carbocycles. The molecule has 1 N–H and O–H groups in total. The highest BCUT2D eigenvalue weighted by molar-refractivity contribution is 7.99. The van der Waals surface area contributed by atoms with Crippen LogP contribution in [0.2, 0.25) is 0 Å². The smallest absolute Gasteiger partial charge is 0.162 e. The van der Waals surface area contributed by atoms with Gasteiger partial charge in [-0.1, -0.05) is 6.92 Å². The summed E-state index contributed by atoms with van der Waals surface area (Å²) in [5.41, 5.74) is 0. The van der Waals surface area contributed by atoms with Gasteiger partial charge in [0.25, 0.3) is 0 Å². The molecule has 21 heavy (non-hydrogen) atoms. The molecule has 1 heterocycles. The number of rotatable bonds is 8. The van der Waals surface area contributed by atoms with Crippen molar-refractivity contribution in [1.29, 1.82) is 0 Å². The van der Waals surface area contributed by atoms with Gasteiger partial charge in [-0.05, 0) is 56.7 Å². The van der Waals surface area contributed by atoms with Crippen molar-refractivity contribution in [1.82, 2.24) is 5.32 Å². The van der Waals surface area contributed by atoms with Crippen LogP contribution in [0.25, 0.3) is 0 Å². The van der Waals surface area contributed by atoms with Gasteiger partial charge in [0.1, 0.15) is 0 Å². The van der Waals surface area contributed by atoms with Crippen molar-refractivity contribution >= 4 is 11.8 Å². The van der Waals surface area contributed by atoms with Gasteiger partial charge < -0.3 is 14.8 Å². The van der Waals surface area contributed by atoms with Crippen molar-refractivity contribution in [2.45, 2.75) is 50.5 Å². The standard InChI is InChI=1S/C17H27NO2S/c1-3-9-18-14(2)6-4-12-21-15-7-8-16-17(13-15)20-11-5-10-19-16/h7-8,13-14,18H,3-6,9-12H2,1-2H3. The maximum absolute atomic E-state index is 5.73. The van der Waals surface area contributed by atoms with Crippen LogP contribution < -0.4 is 14.8 Å². The van der Waals surface area contributed by atoms with Gasteiger partial charge in [0.05, 0.1) is 13.2 Å². The largest absolute Gasteiger partial charge is 0.490 e. The Balaban J connectivity index is 1.72. The number of hydrogen-bond donors (Lipinski definition) is 1. The minimum atomic E-state index is 0.620. The topological polar surface area (TPSA) is 30.5 Å². The number of thioether (sulfide) groups is 1. The third kappa shape index (κ3) is 5.79. The molecule has 1 aliphatic rings. The molecule has 1 aromatic rings. The van der Waals surface area contributed by atoms with E-state index in [1.54, 1.807) is 0 Å². The van der Waals surface area contributed by atoms with Crippen molar-refractivity contribution in [2.24, 2.45) is 0 Å². The number of nitrogens with one attached hydrogen (secondary N) is 1. The Morgan fingerprint density at radius 3 is 2.86 bits per heavy atom. The van der Waals surface area contributed by atoms with E-state index in [1.807, 2.05) is 17.8 Å². The lowest BCUT2D eigenvalue weighted by atomic mass is 10.2. The molecule has 0 spiro atoms. The predicted molar refractivity (Wildman–Crippen MR) is 89.8 cm³/mol. The van der Waals surface area contributed by atoms with Crippen molar-refractivity contribution in [3.05, 3.63) is 18.2 Å². The number of ether oxygens (including phenoxy) is 2. The third-order valence-corrected chi connectivity index (χ3v) is 4.59. The Bertz CT molecular complexity index is 425. The highest BCUT2D eigenvalue weighted by Crippen LogP contribution is 2.34. The summed E-state index contributed by atoms with van der Waals surface area (Å²) < 4.78 is 11.4. The maximum Gasteiger partial charge on any atom is 0.162 e. The highest BCUT2D eigenvalue weighted by atomic mass is 32.2. The van der Waals surface area contributed by atoms with Crippen LogP contribution in [0.4, 0.5) is 0 Å². The van der Waals surface area contributed by atoms with E-state index in [4.69, 9.17) is 9.47 Å². The Kier molecular flexibility index (Phi) is 7.24. The Hall–Kier alpha value is -0.870. The first-order chi connectivity index (χ1) is 10.3. The fraction of sp³-hybridized carbons (Fsp3) is 0.647. The molecule has 0 amide bonds. The number of hydrogen-bond acceptors (Lipinski definition) is 4. The van der Waals surface area contributed by atoms with Crippen LogP contribution in [0, 0.1) is 0 Å². The van der Waals surface area contributed by atoms with E-state index < -0.39 is 0 Å². The van der Waals surface area contributed by atoms with Crippen LogP contribution in [-0.2, 0) is 0 Å². The van der Waals surface area contributed by atoms with Crippen molar-refractivity contribution in [3.8, 4) is 11.5 Å². The van der Waals surface area contributed by atoms with E-state index in [1.165, 1.54) is 24.2 Å². The van der Waals surface area contributed by atoms with E-state index in [9.17, 15) is 0 Å². The lowest BCUT2D eigenvalue weighted by molar-refractivity contribution is 0.297. The zero-order valence-electron chi connectivity index (χ0n) is 13.2. The summed E-state index contributed by atoms with van der Waals surface area (Å²) >= 11 is 1.90. The summed E-state index contributed by atoms with van der Waals surface area (Å²) in [6.07, 6.45) is 4.63. The molecule has 0 bridgehead atoms. The highest BCUT2D eigenvalue weighted by Gasteiger charge is 2.10. The second-order valence-electron chi connectivity index (χ2n) is 5.50. The van der Waals surface area contributed by atoms with Crippen LogP contribution in [-0.4, -0.2) is 31.6 Å². The number of fused-ring (bicyclic) bond motifs is 1. The summed E-state index contributed by atoms with van der Waals surface area (Å²) in [5.74, 6) is 2.93.